The first-order valence-corrected chi connectivity index (χ1v) is 16.1. The molecule has 226 valence electrons. The molecule has 2 aliphatic rings. The van der Waals surface area contributed by atoms with Crippen molar-refractivity contribution >= 4 is 0 Å². The Morgan fingerprint density at radius 1 is 0.575 bits per heavy atom. The summed E-state index contributed by atoms with van der Waals surface area (Å²) in [4.78, 5) is 5.02. The van der Waals surface area contributed by atoms with Gasteiger partial charge in [-0.05, 0) is 77.8 Å². The van der Waals surface area contributed by atoms with Gasteiger partial charge < -0.3 is 34.0 Å². The number of halogens is 2. The minimum Gasteiger partial charge on any atom is -1.00 e. The van der Waals surface area contributed by atoms with Gasteiger partial charge >= 0.3 is 0 Å². The molecule has 4 heterocycles. The van der Waals surface area contributed by atoms with Crippen molar-refractivity contribution < 1.29 is 43.1 Å². The lowest BCUT2D eigenvalue weighted by Crippen LogP contribution is -3.00. The average molecular weight is 681 g/mol. The van der Waals surface area contributed by atoms with Gasteiger partial charge in [-0.1, -0.05) is 51.4 Å². The molecule has 4 nitrogen and oxygen atoms in total. The standard InChI is InChI=1S/C34H56N4.2BrH/c1-35-23-17-21-33(35)31-19-15-27-37(29-31)25-13-11-9-7-5-3-4-6-8-10-12-14-26-38-28-16-20-32(30-38)34-22-18-24-36(34)2;;/h15-16,19-20,27-30,33-34H,3-14,17-18,21-26H2,1-2H3;2*1H/q+2;;/p-2/t33-,34-;;/m0../s1. The smallest absolute Gasteiger partial charge is 0.173 e. The van der Waals surface area contributed by atoms with Crippen molar-refractivity contribution in [1.29, 1.82) is 0 Å². The van der Waals surface area contributed by atoms with E-state index in [0.29, 0.717) is 12.1 Å². The van der Waals surface area contributed by atoms with Crippen molar-refractivity contribution in [3.8, 4) is 0 Å². The van der Waals surface area contributed by atoms with Crippen LogP contribution < -0.4 is 43.1 Å². The van der Waals surface area contributed by atoms with E-state index in [1.165, 1.54) is 140 Å². The highest BCUT2D eigenvalue weighted by Gasteiger charge is 2.25. The Bertz CT molecular complexity index is 864. The largest absolute Gasteiger partial charge is 1.00 e. The van der Waals surface area contributed by atoms with Crippen molar-refractivity contribution in [1.82, 2.24) is 9.80 Å². The number of rotatable bonds is 17. The molecule has 2 atom stereocenters. The Kier molecular flexibility index (Phi) is 17.8. The van der Waals surface area contributed by atoms with E-state index in [2.05, 4.69) is 82.1 Å². The molecule has 2 aromatic rings. The maximum Gasteiger partial charge on any atom is 0.173 e. The van der Waals surface area contributed by atoms with E-state index in [9.17, 15) is 0 Å². The van der Waals surface area contributed by atoms with Gasteiger partial charge in [-0.3, -0.25) is 9.80 Å². The first-order valence-electron chi connectivity index (χ1n) is 16.1. The van der Waals surface area contributed by atoms with E-state index in [-0.39, 0.29) is 34.0 Å². The third kappa shape index (κ3) is 11.8. The number of likely N-dealkylation sites (tertiary alicyclic amines) is 2. The predicted octanol–water partition coefficient (Wildman–Crippen LogP) is 1.18. The first-order chi connectivity index (χ1) is 18.7. The fourth-order valence-corrected chi connectivity index (χ4v) is 6.78. The Balaban J connectivity index is 0.00000280. The molecule has 0 unspecified atom stereocenters. The molecule has 0 radical (unpaired) electrons. The van der Waals surface area contributed by atoms with Crippen LogP contribution in [-0.4, -0.2) is 37.0 Å². The summed E-state index contributed by atoms with van der Waals surface area (Å²) in [6, 6.07) is 10.4. The number of unbranched alkanes of at least 4 members (excludes halogenated alkanes) is 11. The van der Waals surface area contributed by atoms with E-state index >= 15 is 0 Å². The van der Waals surface area contributed by atoms with Crippen LogP contribution in [0.3, 0.4) is 0 Å². The molecule has 0 bridgehead atoms. The minimum atomic E-state index is 0. The molecular weight excluding hydrogens is 624 g/mol. The SMILES string of the molecule is CN1CCC[C@H]1c1ccc[n+](CCCCCCCCCCCCCC[n+]2cccc([C@@H]3CCCN3C)c2)c1.[Br-].[Br-]. The number of aromatic nitrogens is 2. The van der Waals surface area contributed by atoms with Crippen LogP contribution in [0.4, 0.5) is 0 Å². The van der Waals surface area contributed by atoms with E-state index in [0.717, 1.165) is 0 Å². The van der Waals surface area contributed by atoms with Crippen molar-refractivity contribution in [2.75, 3.05) is 27.2 Å². The van der Waals surface area contributed by atoms with Crippen molar-refractivity contribution in [3.05, 3.63) is 60.2 Å². The lowest BCUT2D eigenvalue weighted by atomic mass is 10.0. The summed E-state index contributed by atoms with van der Waals surface area (Å²) in [6.45, 7) is 4.83. The monoisotopic (exact) mass is 678 g/mol. The highest BCUT2D eigenvalue weighted by atomic mass is 79.9. The summed E-state index contributed by atoms with van der Waals surface area (Å²) in [5, 5.41) is 0. The molecule has 0 saturated carbocycles. The predicted molar refractivity (Wildman–Crippen MR) is 158 cm³/mol. The maximum absolute atomic E-state index is 2.51. The van der Waals surface area contributed by atoms with Gasteiger partial charge in [-0.2, -0.15) is 0 Å². The van der Waals surface area contributed by atoms with E-state index in [1.54, 1.807) is 0 Å². The molecule has 0 amide bonds. The van der Waals surface area contributed by atoms with Gasteiger partial charge in [0.25, 0.3) is 0 Å². The Morgan fingerprint density at radius 2 is 0.925 bits per heavy atom. The summed E-state index contributed by atoms with van der Waals surface area (Å²) < 4.78 is 4.85. The maximum atomic E-state index is 2.51. The molecule has 40 heavy (non-hydrogen) atoms. The number of aryl methyl sites for hydroxylation is 2. The van der Waals surface area contributed by atoms with Crippen LogP contribution in [0.25, 0.3) is 0 Å². The van der Waals surface area contributed by atoms with Gasteiger partial charge in [-0.15, -0.1) is 0 Å². The second-order valence-electron chi connectivity index (χ2n) is 12.3. The van der Waals surface area contributed by atoms with Gasteiger partial charge in [0.15, 0.2) is 24.8 Å². The fourth-order valence-electron chi connectivity index (χ4n) is 6.78. The highest BCUT2D eigenvalue weighted by Crippen LogP contribution is 2.30. The van der Waals surface area contributed by atoms with Gasteiger partial charge in [0.1, 0.15) is 13.1 Å². The third-order valence-corrected chi connectivity index (χ3v) is 9.16. The second kappa shape index (κ2) is 20.1. The molecule has 4 rings (SSSR count). The zero-order valence-electron chi connectivity index (χ0n) is 25.5. The van der Waals surface area contributed by atoms with Crippen LogP contribution in [-0.2, 0) is 13.1 Å². The Hall–Kier alpha value is -0.820. The Labute approximate surface area is 267 Å². The molecule has 0 aliphatic carbocycles. The lowest BCUT2D eigenvalue weighted by Gasteiger charge is -2.18. The quantitative estimate of drug-likeness (QED) is 0.184. The second-order valence-corrected chi connectivity index (χ2v) is 12.3. The molecule has 2 fully saturated rings. The summed E-state index contributed by atoms with van der Waals surface area (Å²) in [5.41, 5.74) is 3.01. The third-order valence-electron chi connectivity index (χ3n) is 9.16. The van der Waals surface area contributed by atoms with Crippen LogP contribution in [0.2, 0.25) is 0 Å². The van der Waals surface area contributed by atoms with Crippen LogP contribution in [0.5, 0.6) is 0 Å². The summed E-state index contributed by atoms with van der Waals surface area (Å²) >= 11 is 0. The topological polar surface area (TPSA) is 14.2 Å². The summed E-state index contributed by atoms with van der Waals surface area (Å²) in [5.74, 6) is 0. The van der Waals surface area contributed by atoms with E-state index in [1.807, 2.05) is 0 Å². The summed E-state index contributed by atoms with van der Waals surface area (Å²) in [6.07, 6.45) is 31.4. The highest BCUT2D eigenvalue weighted by molar-refractivity contribution is 5.13. The molecule has 2 aliphatic heterocycles. The number of hydrogen-bond donors (Lipinski definition) is 0. The van der Waals surface area contributed by atoms with Crippen LogP contribution in [0.1, 0.15) is 126 Å². The molecular formula is C34H56Br2N4. The molecule has 2 saturated heterocycles. The molecule has 2 aromatic heterocycles. The number of nitrogens with zero attached hydrogens (tertiary/aromatic N) is 4. The van der Waals surface area contributed by atoms with Gasteiger partial charge in [-0.25, -0.2) is 9.13 Å². The van der Waals surface area contributed by atoms with Gasteiger partial charge in [0.2, 0.25) is 0 Å². The summed E-state index contributed by atoms with van der Waals surface area (Å²) in [7, 11) is 4.54. The van der Waals surface area contributed by atoms with E-state index < -0.39 is 0 Å². The normalized spacial score (nSPS) is 19.4. The fraction of sp³-hybridized carbons (Fsp3) is 0.706. The minimum absolute atomic E-state index is 0. The lowest BCUT2D eigenvalue weighted by molar-refractivity contribution is -0.698. The van der Waals surface area contributed by atoms with Crippen molar-refractivity contribution in [2.45, 2.75) is 128 Å². The van der Waals surface area contributed by atoms with Crippen LogP contribution >= 0.6 is 0 Å². The molecule has 0 aromatic carbocycles. The molecule has 6 heteroatoms. The average Bonchev–Trinajstić information content (AvgIpc) is 3.57. The number of pyridine rings is 2. The molecule has 0 N–H and O–H groups in total. The Morgan fingerprint density at radius 3 is 1.25 bits per heavy atom. The van der Waals surface area contributed by atoms with Crippen molar-refractivity contribution in [3.63, 3.8) is 0 Å². The van der Waals surface area contributed by atoms with Gasteiger partial charge in [0.05, 0.1) is 0 Å². The zero-order valence-corrected chi connectivity index (χ0v) is 28.6. The first kappa shape index (κ1) is 35.4. The molecule has 0 spiro atoms. The van der Waals surface area contributed by atoms with Crippen LogP contribution in [0.15, 0.2) is 49.1 Å². The zero-order chi connectivity index (χ0) is 26.4. The number of hydrogen-bond acceptors (Lipinski definition) is 2. The van der Waals surface area contributed by atoms with Crippen LogP contribution in [0, 0.1) is 0 Å². The van der Waals surface area contributed by atoms with E-state index in [4.69, 9.17) is 0 Å². The van der Waals surface area contributed by atoms with Gasteiger partial charge in [0, 0.05) is 48.2 Å². The van der Waals surface area contributed by atoms with Crippen molar-refractivity contribution in [2.24, 2.45) is 0 Å².